The summed E-state index contributed by atoms with van der Waals surface area (Å²) in [6, 6.07) is 0.236. The van der Waals surface area contributed by atoms with Crippen molar-refractivity contribution in [3.63, 3.8) is 0 Å². The minimum absolute atomic E-state index is 0.146. The Kier molecular flexibility index (Phi) is 2.69. The lowest BCUT2D eigenvalue weighted by molar-refractivity contribution is 0.140. The van der Waals surface area contributed by atoms with Gasteiger partial charge in [0, 0.05) is 6.04 Å². The summed E-state index contributed by atoms with van der Waals surface area (Å²) in [4.78, 5) is 0. The smallest absolute Gasteiger partial charge is 0.0557 e. The van der Waals surface area contributed by atoms with E-state index in [9.17, 15) is 5.11 Å². The fourth-order valence-corrected chi connectivity index (χ4v) is 1.64. The molecule has 1 rings (SSSR count). The van der Waals surface area contributed by atoms with Crippen molar-refractivity contribution < 1.29 is 5.11 Å². The van der Waals surface area contributed by atoms with Crippen LogP contribution in [0.15, 0.2) is 0 Å². The monoisotopic (exact) mass is 143 g/mol. The van der Waals surface area contributed by atoms with Crippen LogP contribution in [0.2, 0.25) is 0 Å². The Morgan fingerprint density at radius 3 is 2.70 bits per heavy atom. The first-order valence-electron chi connectivity index (χ1n) is 4.12. The van der Waals surface area contributed by atoms with E-state index in [0.29, 0.717) is 5.92 Å². The molecule has 0 aliphatic heterocycles. The maximum atomic E-state index is 9.35. The van der Waals surface area contributed by atoms with Gasteiger partial charge in [0.25, 0.3) is 0 Å². The van der Waals surface area contributed by atoms with Crippen molar-refractivity contribution in [3.8, 4) is 0 Å². The second-order valence-electron chi connectivity index (χ2n) is 3.57. The number of aliphatic hydroxyl groups is 1. The average molecular weight is 143 g/mol. The van der Waals surface area contributed by atoms with Crippen molar-refractivity contribution in [1.82, 2.24) is 0 Å². The van der Waals surface area contributed by atoms with Crippen molar-refractivity contribution in [3.05, 3.63) is 0 Å². The third-order valence-corrected chi connectivity index (χ3v) is 2.28. The Morgan fingerprint density at radius 1 is 1.30 bits per heavy atom. The molecule has 3 N–H and O–H groups in total. The van der Waals surface area contributed by atoms with Crippen LogP contribution < -0.4 is 5.73 Å². The van der Waals surface area contributed by atoms with Crippen LogP contribution in [-0.2, 0) is 0 Å². The van der Waals surface area contributed by atoms with E-state index in [1.165, 1.54) is 6.42 Å². The molecule has 0 saturated heterocycles. The van der Waals surface area contributed by atoms with Gasteiger partial charge in [0.15, 0.2) is 0 Å². The van der Waals surface area contributed by atoms with Crippen LogP contribution in [0, 0.1) is 5.92 Å². The largest absolute Gasteiger partial charge is 0.393 e. The lowest BCUT2D eigenvalue weighted by Crippen LogP contribution is -2.23. The Balaban J connectivity index is 2.38. The zero-order valence-corrected chi connectivity index (χ0v) is 6.59. The first-order chi connectivity index (χ1) is 4.68. The predicted octanol–water partition coefficient (Wildman–Crippen LogP) is 0.885. The first kappa shape index (κ1) is 8.02. The maximum absolute atomic E-state index is 9.35. The molecule has 1 aliphatic carbocycles. The van der Waals surface area contributed by atoms with E-state index in [2.05, 4.69) is 6.92 Å². The summed E-state index contributed by atoms with van der Waals surface area (Å²) in [5.41, 5.74) is 5.73. The zero-order chi connectivity index (χ0) is 7.56. The van der Waals surface area contributed by atoms with Gasteiger partial charge in [-0.2, -0.15) is 0 Å². The van der Waals surface area contributed by atoms with Gasteiger partial charge < -0.3 is 10.8 Å². The highest BCUT2D eigenvalue weighted by molar-refractivity contribution is 4.75. The van der Waals surface area contributed by atoms with E-state index in [1.807, 2.05) is 0 Å². The van der Waals surface area contributed by atoms with E-state index >= 15 is 0 Å². The Hall–Kier alpha value is -0.0800. The summed E-state index contributed by atoms with van der Waals surface area (Å²) < 4.78 is 0. The molecule has 0 aromatic rings. The van der Waals surface area contributed by atoms with E-state index in [-0.39, 0.29) is 12.1 Å². The molecule has 0 aromatic carbocycles. The molecule has 2 nitrogen and oxygen atoms in total. The van der Waals surface area contributed by atoms with Crippen molar-refractivity contribution in [2.24, 2.45) is 11.7 Å². The topological polar surface area (TPSA) is 46.2 Å². The number of rotatable bonds is 0. The SMILES string of the molecule is C[C@H]1CC[C@@H](N)C[C@H](O)C1. The minimum atomic E-state index is -0.146. The fraction of sp³-hybridized carbons (Fsp3) is 1.00. The second-order valence-corrected chi connectivity index (χ2v) is 3.57. The van der Waals surface area contributed by atoms with E-state index in [0.717, 1.165) is 19.3 Å². The van der Waals surface area contributed by atoms with Crippen molar-refractivity contribution in [2.75, 3.05) is 0 Å². The molecule has 3 atom stereocenters. The molecule has 0 spiro atoms. The Labute approximate surface area is 62.4 Å². The highest BCUT2D eigenvalue weighted by atomic mass is 16.3. The minimum Gasteiger partial charge on any atom is -0.393 e. The molecular formula is C8H17NO. The van der Waals surface area contributed by atoms with E-state index in [1.54, 1.807) is 0 Å². The molecular weight excluding hydrogens is 126 g/mol. The summed E-state index contributed by atoms with van der Waals surface area (Å²) in [5, 5.41) is 9.35. The first-order valence-corrected chi connectivity index (χ1v) is 4.12. The summed E-state index contributed by atoms with van der Waals surface area (Å²) in [5.74, 6) is 0.656. The quantitative estimate of drug-likeness (QED) is 0.494. The van der Waals surface area contributed by atoms with Gasteiger partial charge in [0.2, 0.25) is 0 Å². The average Bonchev–Trinajstić information content (AvgIpc) is 1.93. The van der Waals surface area contributed by atoms with Gasteiger partial charge >= 0.3 is 0 Å². The normalized spacial score (nSPS) is 42.9. The van der Waals surface area contributed by atoms with Crippen LogP contribution in [-0.4, -0.2) is 17.3 Å². The van der Waals surface area contributed by atoms with Crippen molar-refractivity contribution >= 4 is 0 Å². The Morgan fingerprint density at radius 2 is 2.00 bits per heavy atom. The summed E-state index contributed by atoms with van der Waals surface area (Å²) in [6.45, 7) is 2.18. The second kappa shape index (κ2) is 3.35. The summed E-state index contributed by atoms with van der Waals surface area (Å²) in [7, 11) is 0. The van der Waals surface area contributed by atoms with Gasteiger partial charge in [-0.25, -0.2) is 0 Å². The maximum Gasteiger partial charge on any atom is 0.0557 e. The fourth-order valence-electron chi connectivity index (χ4n) is 1.64. The number of nitrogens with two attached hydrogens (primary N) is 1. The lowest BCUT2D eigenvalue weighted by atomic mass is 10.0. The van der Waals surface area contributed by atoms with Crippen LogP contribution >= 0.6 is 0 Å². The van der Waals surface area contributed by atoms with Gasteiger partial charge in [-0.3, -0.25) is 0 Å². The highest BCUT2D eigenvalue weighted by Gasteiger charge is 2.19. The van der Waals surface area contributed by atoms with Crippen LogP contribution in [0.1, 0.15) is 32.6 Å². The van der Waals surface area contributed by atoms with Gasteiger partial charge in [-0.15, -0.1) is 0 Å². The molecule has 0 aromatic heterocycles. The molecule has 0 bridgehead atoms. The molecule has 0 unspecified atom stereocenters. The van der Waals surface area contributed by atoms with Crippen LogP contribution in [0.3, 0.4) is 0 Å². The van der Waals surface area contributed by atoms with Crippen molar-refractivity contribution in [2.45, 2.75) is 44.8 Å². The Bertz CT molecular complexity index is 93.4. The van der Waals surface area contributed by atoms with Gasteiger partial charge in [-0.05, 0) is 31.6 Å². The molecule has 0 heterocycles. The summed E-state index contributed by atoms with van der Waals surface area (Å²) in [6.07, 6.45) is 3.85. The van der Waals surface area contributed by atoms with E-state index in [4.69, 9.17) is 5.73 Å². The van der Waals surface area contributed by atoms with Gasteiger partial charge in [0.05, 0.1) is 6.10 Å². The standard InChI is InChI=1S/C8H17NO/c1-6-2-3-7(9)5-8(10)4-6/h6-8,10H,2-5,9H2,1H3/t6-,7+,8+/m0/s1. The number of hydrogen-bond donors (Lipinski definition) is 2. The zero-order valence-electron chi connectivity index (χ0n) is 6.59. The molecule has 10 heavy (non-hydrogen) atoms. The molecule has 1 saturated carbocycles. The molecule has 0 radical (unpaired) electrons. The lowest BCUT2D eigenvalue weighted by Gasteiger charge is -2.10. The van der Waals surface area contributed by atoms with E-state index < -0.39 is 0 Å². The van der Waals surface area contributed by atoms with Crippen LogP contribution in [0.4, 0.5) is 0 Å². The third-order valence-electron chi connectivity index (χ3n) is 2.28. The predicted molar refractivity (Wildman–Crippen MR) is 41.6 cm³/mol. The van der Waals surface area contributed by atoms with Crippen molar-refractivity contribution in [1.29, 1.82) is 0 Å². The molecule has 2 heteroatoms. The molecule has 60 valence electrons. The number of aliphatic hydroxyl groups excluding tert-OH is 1. The van der Waals surface area contributed by atoms with Gasteiger partial charge in [0.1, 0.15) is 0 Å². The molecule has 0 amide bonds. The highest BCUT2D eigenvalue weighted by Crippen LogP contribution is 2.21. The third kappa shape index (κ3) is 2.27. The molecule has 1 fully saturated rings. The van der Waals surface area contributed by atoms with Crippen LogP contribution in [0.25, 0.3) is 0 Å². The summed E-state index contributed by atoms with van der Waals surface area (Å²) >= 11 is 0. The molecule has 1 aliphatic rings. The number of hydrogen-bond acceptors (Lipinski definition) is 2. The van der Waals surface area contributed by atoms with Gasteiger partial charge in [-0.1, -0.05) is 6.92 Å². The van der Waals surface area contributed by atoms with Crippen LogP contribution in [0.5, 0.6) is 0 Å².